The molecule has 5 nitrogen and oxygen atoms in total. The summed E-state index contributed by atoms with van der Waals surface area (Å²) in [5, 5.41) is 20.3. The molecule has 0 spiro atoms. The van der Waals surface area contributed by atoms with Crippen molar-refractivity contribution in [2.24, 2.45) is 12.5 Å². The third-order valence-electron chi connectivity index (χ3n) is 2.88. The molecule has 0 aliphatic heterocycles. The largest absolute Gasteiger partial charge is 0.396 e. The Morgan fingerprint density at radius 1 is 1.60 bits per heavy atom. The molecule has 0 saturated heterocycles. The fourth-order valence-electron chi connectivity index (χ4n) is 1.24. The summed E-state index contributed by atoms with van der Waals surface area (Å²) in [7, 11) is 1.92. The lowest BCUT2D eigenvalue weighted by atomic mass is 9.89. The van der Waals surface area contributed by atoms with Gasteiger partial charge < -0.3 is 15.0 Å². The summed E-state index contributed by atoms with van der Waals surface area (Å²) in [6, 6.07) is 0. The van der Waals surface area contributed by atoms with Gasteiger partial charge in [-0.25, -0.2) is 0 Å². The molecule has 86 valence electrons. The minimum atomic E-state index is -0.0431. The second-order valence-electron chi connectivity index (χ2n) is 4.28. The average Bonchev–Trinajstić information content (AvgIpc) is 2.64. The SMILES string of the molecule is CCC(C)(CO)CNCc1nncn1C. The van der Waals surface area contributed by atoms with E-state index in [-0.39, 0.29) is 12.0 Å². The van der Waals surface area contributed by atoms with E-state index in [1.54, 1.807) is 6.33 Å². The Kier molecular flexibility index (Phi) is 4.23. The van der Waals surface area contributed by atoms with E-state index in [0.717, 1.165) is 18.8 Å². The van der Waals surface area contributed by atoms with E-state index < -0.39 is 0 Å². The van der Waals surface area contributed by atoms with Crippen LogP contribution in [0.3, 0.4) is 0 Å². The number of nitrogens with one attached hydrogen (secondary N) is 1. The molecule has 1 unspecified atom stereocenters. The lowest BCUT2D eigenvalue weighted by Crippen LogP contribution is -2.34. The first kappa shape index (κ1) is 12.1. The average molecular weight is 212 g/mol. The predicted octanol–water partition coefficient (Wildman–Crippen LogP) is 0.313. The molecule has 1 aromatic rings. The molecule has 1 rings (SSSR count). The van der Waals surface area contributed by atoms with Gasteiger partial charge in [0.25, 0.3) is 0 Å². The van der Waals surface area contributed by atoms with Crippen molar-refractivity contribution in [2.45, 2.75) is 26.8 Å². The zero-order valence-corrected chi connectivity index (χ0v) is 9.69. The van der Waals surface area contributed by atoms with Crippen LogP contribution in [-0.4, -0.2) is 33.0 Å². The van der Waals surface area contributed by atoms with Gasteiger partial charge in [-0.1, -0.05) is 13.8 Å². The van der Waals surface area contributed by atoms with Gasteiger partial charge in [0.1, 0.15) is 12.2 Å². The van der Waals surface area contributed by atoms with Crippen LogP contribution in [0.25, 0.3) is 0 Å². The summed E-state index contributed by atoms with van der Waals surface area (Å²) in [5.41, 5.74) is -0.0431. The monoisotopic (exact) mass is 212 g/mol. The number of aliphatic hydroxyl groups excluding tert-OH is 1. The molecule has 2 N–H and O–H groups in total. The van der Waals surface area contributed by atoms with Gasteiger partial charge in [0.15, 0.2) is 0 Å². The molecular weight excluding hydrogens is 192 g/mol. The van der Waals surface area contributed by atoms with Crippen LogP contribution in [0.15, 0.2) is 6.33 Å². The maximum atomic E-state index is 9.22. The summed E-state index contributed by atoms with van der Waals surface area (Å²) < 4.78 is 1.88. The van der Waals surface area contributed by atoms with Crippen molar-refractivity contribution >= 4 is 0 Å². The quantitative estimate of drug-likeness (QED) is 0.712. The van der Waals surface area contributed by atoms with E-state index in [1.807, 2.05) is 11.6 Å². The number of aromatic nitrogens is 3. The van der Waals surface area contributed by atoms with Crippen LogP contribution >= 0.6 is 0 Å². The first-order valence-corrected chi connectivity index (χ1v) is 5.26. The van der Waals surface area contributed by atoms with E-state index in [1.165, 1.54) is 0 Å². The maximum absolute atomic E-state index is 9.22. The normalized spacial score (nSPS) is 15.2. The molecule has 15 heavy (non-hydrogen) atoms. The fraction of sp³-hybridized carbons (Fsp3) is 0.800. The van der Waals surface area contributed by atoms with Crippen LogP contribution in [0.2, 0.25) is 0 Å². The zero-order valence-electron chi connectivity index (χ0n) is 9.69. The van der Waals surface area contributed by atoms with Crippen LogP contribution in [0.1, 0.15) is 26.1 Å². The molecule has 0 aliphatic carbocycles. The first-order chi connectivity index (χ1) is 7.11. The highest BCUT2D eigenvalue weighted by Crippen LogP contribution is 2.18. The first-order valence-electron chi connectivity index (χ1n) is 5.26. The van der Waals surface area contributed by atoms with Gasteiger partial charge in [0, 0.05) is 25.6 Å². The van der Waals surface area contributed by atoms with Gasteiger partial charge in [-0.15, -0.1) is 10.2 Å². The van der Waals surface area contributed by atoms with Crippen LogP contribution in [0.5, 0.6) is 0 Å². The Hall–Kier alpha value is -0.940. The van der Waals surface area contributed by atoms with E-state index in [2.05, 4.69) is 29.4 Å². The third-order valence-corrected chi connectivity index (χ3v) is 2.88. The molecular formula is C10H20N4O. The van der Waals surface area contributed by atoms with Gasteiger partial charge in [0.05, 0.1) is 6.54 Å². The highest BCUT2D eigenvalue weighted by atomic mass is 16.3. The molecule has 0 aliphatic rings. The minimum Gasteiger partial charge on any atom is -0.396 e. The molecule has 0 saturated carbocycles. The second kappa shape index (κ2) is 5.23. The molecule has 1 aromatic heterocycles. The number of rotatable bonds is 6. The highest BCUT2D eigenvalue weighted by Gasteiger charge is 2.20. The number of aryl methyl sites for hydroxylation is 1. The number of aliphatic hydroxyl groups is 1. The van der Waals surface area contributed by atoms with Gasteiger partial charge in [0.2, 0.25) is 0 Å². The fourth-order valence-corrected chi connectivity index (χ4v) is 1.24. The van der Waals surface area contributed by atoms with Crippen molar-refractivity contribution in [3.8, 4) is 0 Å². The molecule has 0 radical (unpaired) electrons. The summed E-state index contributed by atoms with van der Waals surface area (Å²) in [6.45, 7) is 5.82. The predicted molar refractivity (Wildman–Crippen MR) is 58.2 cm³/mol. The smallest absolute Gasteiger partial charge is 0.146 e. The number of hydrogen-bond donors (Lipinski definition) is 2. The Bertz CT molecular complexity index is 293. The minimum absolute atomic E-state index is 0.0431. The lowest BCUT2D eigenvalue weighted by Gasteiger charge is -2.25. The van der Waals surface area contributed by atoms with Crippen LogP contribution < -0.4 is 5.32 Å². The maximum Gasteiger partial charge on any atom is 0.146 e. The number of hydrogen-bond acceptors (Lipinski definition) is 4. The van der Waals surface area contributed by atoms with Crippen LogP contribution in [0, 0.1) is 5.41 Å². The standard InChI is InChI=1S/C10H20N4O/c1-4-10(2,7-15)6-11-5-9-13-12-8-14(9)3/h8,11,15H,4-7H2,1-3H3. The van der Waals surface area contributed by atoms with Crippen molar-refractivity contribution < 1.29 is 5.11 Å². The summed E-state index contributed by atoms with van der Waals surface area (Å²) in [6.07, 6.45) is 2.64. The van der Waals surface area contributed by atoms with Gasteiger partial charge in [-0.2, -0.15) is 0 Å². The van der Waals surface area contributed by atoms with Gasteiger partial charge in [-0.3, -0.25) is 0 Å². The Balaban J connectivity index is 2.36. The molecule has 1 atom stereocenters. The molecule has 0 bridgehead atoms. The Morgan fingerprint density at radius 3 is 2.80 bits per heavy atom. The molecule has 0 aromatic carbocycles. The Morgan fingerprint density at radius 2 is 2.33 bits per heavy atom. The lowest BCUT2D eigenvalue weighted by molar-refractivity contribution is 0.135. The van der Waals surface area contributed by atoms with E-state index in [4.69, 9.17) is 0 Å². The van der Waals surface area contributed by atoms with E-state index >= 15 is 0 Å². The van der Waals surface area contributed by atoms with Crippen LogP contribution in [0.4, 0.5) is 0 Å². The molecule has 0 amide bonds. The van der Waals surface area contributed by atoms with Gasteiger partial charge in [-0.05, 0) is 6.42 Å². The van der Waals surface area contributed by atoms with Crippen molar-refractivity contribution in [1.29, 1.82) is 0 Å². The molecule has 0 fully saturated rings. The van der Waals surface area contributed by atoms with Crippen molar-refractivity contribution in [3.63, 3.8) is 0 Å². The molecule has 5 heteroatoms. The highest BCUT2D eigenvalue weighted by molar-refractivity contribution is 4.84. The third kappa shape index (κ3) is 3.28. The van der Waals surface area contributed by atoms with Crippen molar-refractivity contribution in [2.75, 3.05) is 13.2 Å². The number of nitrogens with zero attached hydrogens (tertiary/aromatic N) is 3. The van der Waals surface area contributed by atoms with Crippen LogP contribution in [-0.2, 0) is 13.6 Å². The van der Waals surface area contributed by atoms with Gasteiger partial charge >= 0.3 is 0 Å². The van der Waals surface area contributed by atoms with E-state index in [9.17, 15) is 5.11 Å². The second-order valence-corrected chi connectivity index (χ2v) is 4.28. The summed E-state index contributed by atoms with van der Waals surface area (Å²) >= 11 is 0. The van der Waals surface area contributed by atoms with E-state index in [0.29, 0.717) is 6.54 Å². The van der Waals surface area contributed by atoms with Crippen molar-refractivity contribution in [3.05, 3.63) is 12.2 Å². The Labute approximate surface area is 90.5 Å². The van der Waals surface area contributed by atoms with Crippen molar-refractivity contribution in [1.82, 2.24) is 20.1 Å². The summed E-state index contributed by atoms with van der Waals surface area (Å²) in [5.74, 6) is 0.909. The topological polar surface area (TPSA) is 63.0 Å². The molecule has 1 heterocycles. The zero-order chi connectivity index (χ0) is 11.3. The summed E-state index contributed by atoms with van der Waals surface area (Å²) in [4.78, 5) is 0.